The van der Waals surface area contributed by atoms with E-state index in [2.05, 4.69) is 15.9 Å². The van der Waals surface area contributed by atoms with E-state index in [-0.39, 0.29) is 0 Å². The molecule has 0 radical (unpaired) electrons. The number of fused-ring (bicyclic) bond motifs is 1. The van der Waals surface area contributed by atoms with E-state index < -0.39 is 0 Å². The van der Waals surface area contributed by atoms with Crippen LogP contribution < -0.4 is 0 Å². The predicted molar refractivity (Wildman–Crippen MR) is 86.5 cm³/mol. The van der Waals surface area contributed by atoms with Crippen LogP contribution in [-0.4, -0.2) is 17.0 Å². The maximum atomic E-state index is 12.4. The molecule has 3 rings (SSSR count). The molecule has 1 aliphatic rings. The van der Waals surface area contributed by atoms with Crippen molar-refractivity contribution in [3.8, 4) is 0 Å². The van der Waals surface area contributed by atoms with Crippen molar-refractivity contribution < 1.29 is 4.74 Å². The Morgan fingerprint density at radius 2 is 1.80 bits per heavy atom. The lowest BCUT2D eigenvalue weighted by molar-refractivity contribution is -0.444. The number of rotatable bonds is 1. The van der Waals surface area contributed by atoms with Gasteiger partial charge in [-0.25, -0.2) is 4.74 Å². The number of hydroxylamine groups is 1. The van der Waals surface area contributed by atoms with Crippen LogP contribution in [0.5, 0.6) is 0 Å². The first kappa shape index (κ1) is 13.4. The van der Waals surface area contributed by atoms with Gasteiger partial charge in [-0.05, 0) is 30.3 Å². The zero-order chi connectivity index (χ0) is 14.1. The summed E-state index contributed by atoms with van der Waals surface area (Å²) in [5.41, 5.74) is 3.36. The number of benzene rings is 2. The first-order valence-corrected chi connectivity index (χ1v) is 7.37. The summed E-state index contributed by atoms with van der Waals surface area (Å²) in [5, 5.41) is 13.0. The van der Waals surface area contributed by atoms with Crippen molar-refractivity contribution in [2.75, 3.05) is 6.54 Å². The molecule has 0 N–H and O–H groups in total. The monoisotopic (exact) mass is 347 g/mol. The van der Waals surface area contributed by atoms with Gasteiger partial charge < -0.3 is 5.21 Å². The van der Waals surface area contributed by atoms with Crippen LogP contribution in [0.15, 0.2) is 54.6 Å². The molecule has 20 heavy (non-hydrogen) atoms. The number of nitrogens with zero attached hydrogens (tertiary/aromatic N) is 1. The Hall–Kier alpha value is -1.58. The quantitative estimate of drug-likeness (QED) is 0.553. The normalized spacial score (nSPS) is 14.6. The maximum Gasteiger partial charge on any atom is 0.226 e. The SMILES string of the molecule is [O-][N+]1=C(c2ccccc2)c2cc(Cl)ccc2C(Br)=CC1. The highest BCUT2D eigenvalue weighted by atomic mass is 79.9. The molecular formula is C16H11BrClNO. The minimum atomic E-state index is 0.303. The van der Waals surface area contributed by atoms with Crippen LogP contribution in [0.4, 0.5) is 0 Å². The molecule has 0 atom stereocenters. The molecule has 100 valence electrons. The molecule has 0 spiro atoms. The van der Waals surface area contributed by atoms with E-state index in [0.29, 0.717) is 17.3 Å². The predicted octanol–water partition coefficient (Wildman–Crippen LogP) is 4.44. The largest absolute Gasteiger partial charge is 0.623 e. The van der Waals surface area contributed by atoms with Gasteiger partial charge in [0.2, 0.25) is 5.71 Å². The zero-order valence-electron chi connectivity index (χ0n) is 10.5. The van der Waals surface area contributed by atoms with Gasteiger partial charge in [-0.3, -0.25) is 0 Å². The first-order chi connectivity index (χ1) is 9.66. The van der Waals surface area contributed by atoms with Gasteiger partial charge in [-0.15, -0.1) is 0 Å². The van der Waals surface area contributed by atoms with Gasteiger partial charge in [0.05, 0.1) is 5.56 Å². The van der Waals surface area contributed by atoms with Crippen LogP contribution in [0, 0.1) is 5.21 Å². The van der Waals surface area contributed by atoms with E-state index in [1.54, 1.807) is 0 Å². The van der Waals surface area contributed by atoms with Gasteiger partial charge in [-0.2, -0.15) is 0 Å². The van der Waals surface area contributed by atoms with Gasteiger partial charge in [0.15, 0.2) is 6.54 Å². The minimum absolute atomic E-state index is 0.303. The molecular weight excluding hydrogens is 338 g/mol. The van der Waals surface area contributed by atoms with Gasteiger partial charge in [0.1, 0.15) is 0 Å². The Bertz CT molecular complexity index is 723. The van der Waals surface area contributed by atoms with Crippen LogP contribution in [0.25, 0.3) is 4.48 Å². The summed E-state index contributed by atoms with van der Waals surface area (Å²) in [6, 6.07) is 15.3. The average molecular weight is 349 g/mol. The Morgan fingerprint density at radius 3 is 2.55 bits per heavy atom. The molecule has 0 aromatic heterocycles. The second kappa shape index (κ2) is 5.43. The Morgan fingerprint density at radius 1 is 1.05 bits per heavy atom. The van der Waals surface area contributed by atoms with E-state index >= 15 is 0 Å². The molecule has 2 aromatic carbocycles. The molecule has 4 heteroatoms. The van der Waals surface area contributed by atoms with Crippen LogP contribution in [0.2, 0.25) is 5.02 Å². The minimum Gasteiger partial charge on any atom is -0.623 e. The van der Waals surface area contributed by atoms with Crippen molar-refractivity contribution in [2.45, 2.75) is 0 Å². The van der Waals surface area contributed by atoms with Crippen molar-refractivity contribution >= 4 is 37.7 Å². The standard InChI is InChI=1S/C16H11BrClNO/c17-15-8-9-19(20)16(11-4-2-1-3-5-11)14-10-12(18)6-7-13(14)15/h1-8,10H,9H2. The van der Waals surface area contributed by atoms with Gasteiger partial charge in [-0.1, -0.05) is 51.8 Å². The summed E-state index contributed by atoms with van der Waals surface area (Å²) in [7, 11) is 0. The second-order valence-electron chi connectivity index (χ2n) is 4.52. The topological polar surface area (TPSA) is 26.1 Å². The number of hydrogen-bond donors (Lipinski definition) is 0. The summed E-state index contributed by atoms with van der Waals surface area (Å²) >= 11 is 9.64. The summed E-state index contributed by atoms with van der Waals surface area (Å²) in [5.74, 6) is 0. The molecule has 0 saturated carbocycles. The molecule has 0 amide bonds. The molecule has 0 fully saturated rings. The first-order valence-electron chi connectivity index (χ1n) is 6.20. The van der Waals surface area contributed by atoms with Gasteiger partial charge in [0, 0.05) is 20.6 Å². The van der Waals surface area contributed by atoms with Crippen LogP contribution in [0.3, 0.4) is 0 Å². The average Bonchev–Trinajstić information content (AvgIpc) is 2.57. The van der Waals surface area contributed by atoms with Crippen molar-refractivity contribution in [1.29, 1.82) is 0 Å². The third kappa shape index (κ3) is 2.39. The third-order valence-electron chi connectivity index (χ3n) is 3.23. The van der Waals surface area contributed by atoms with E-state index in [4.69, 9.17) is 11.6 Å². The van der Waals surface area contributed by atoms with Crippen molar-refractivity contribution in [2.24, 2.45) is 0 Å². The highest BCUT2D eigenvalue weighted by molar-refractivity contribution is 9.15. The van der Waals surface area contributed by atoms with Crippen LogP contribution in [0.1, 0.15) is 16.7 Å². The lowest BCUT2D eigenvalue weighted by atomic mass is 9.97. The molecule has 1 aliphatic heterocycles. The summed E-state index contributed by atoms with van der Waals surface area (Å²) in [6.45, 7) is 0.303. The number of halogens is 2. The maximum absolute atomic E-state index is 12.4. The molecule has 2 nitrogen and oxygen atoms in total. The highest BCUT2D eigenvalue weighted by Crippen LogP contribution is 2.30. The zero-order valence-corrected chi connectivity index (χ0v) is 12.9. The Kier molecular flexibility index (Phi) is 3.64. The molecule has 0 saturated heterocycles. The fourth-order valence-corrected chi connectivity index (χ4v) is 2.98. The fraction of sp³-hybridized carbons (Fsp3) is 0.0625. The van der Waals surface area contributed by atoms with Crippen LogP contribution in [-0.2, 0) is 0 Å². The second-order valence-corrected chi connectivity index (χ2v) is 5.81. The van der Waals surface area contributed by atoms with Crippen molar-refractivity contribution in [3.05, 3.63) is 81.5 Å². The van der Waals surface area contributed by atoms with E-state index in [9.17, 15) is 5.21 Å². The number of hydrogen-bond acceptors (Lipinski definition) is 1. The van der Waals surface area contributed by atoms with E-state index in [1.165, 1.54) is 0 Å². The lowest BCUT2D eigenvalue weighted by Gasteiger charge is -2.11. The summed E-state index contributed by atoms with van der Waals surface area (Å²) < 4.78 is 1.91. The molecule has 0 unspecified atom stereocenters. The van der Waals surface area contributed by atoms with E-state index in [0.717, 1.165) is 25.9 Å². The molecule has 0 bridgehead atoms. The van der Waals surface area contributed by atoms with Gasteiger partial charge in [0.25, 0.3) is 0 Å². The van der Waals surface area contributed by atoms with Crippen molar-refractivity contribution in [3.63, 3.8) is 0 Å². The van der Waals surface area contributed by atoms with Gasteiger partial charge >= 0.3 is 0 Å². The van der Waals surface area contributed by atoms with Crippen molar-refractivity contribution in [1.82, 2.24) is 0 Å². The summed E-state index contributed by atoms with van der Waals surface area (Å²) in [4.78, 5) is 0. The Labute approximate surface area is 130 Å². The molecule has 2 aromatic rings. The smallest absolute Gasteiger partial charge is 0.226 e. The molecule has 0 aliphatic carbocycles. The fourth-order valence-electron chi connectivity index (χ4n) is 2.31. The van der Waals surface area contributed by atoms with Crippen LogP contribution >= 0.6 is 27.5 Å². The third-order valence-corrected chi connectivity index (χ3v) is 4.21. The highest BCUT2D eigenvalue weighted by Gasteiger charge is 2.23. The lowest BCUT2D eigenvalue weighted by Crippen LogP contribution is -2.18. The molecule has 1 heterocycles. The summed E-state index contributed by atoms with van der Waals surface area (Å²) in [6.07, 6.45) is 1.87. The Balaban J connectivity index is 2.30. The van der Waals surface area contributed by atoms with E-state index in [1.807, 2.05) is 54.6 Å².